The average Bonchev–Trinajstić information content (AvgIpc) is 3.49. The van der Waals surface area contributed by atoms with E-state index in [9.17, 15) is 19.2 Å². The van der Waals surface area contributed by atoms with E-state index in [0.29, 0.717) is 28.7 Å². The summed E-state index contributed by atoms with van der Waals surface area (Å²) in [5.41, 5.74) is 3.18. The summed E-state index contributed by atoms with van der Waals surface area (Å²) in [6, 6.07) is 17.2. The number of fused-ring (bicyclic) bond motifs is 14. The van der Waals surface area contributed by atoms with Gasteiger partial charge in [0.25, 0.3) is 5.91 Å². The smallest absolute Gasteiger partial charge is 0.253 e. The van der Waals surface area contributed by atoms with E-state index in [0.717, 1.165) is 16.8 Å². The van der Waals surface area contributed by atoms with Crippen LogP contribution in [0.5, 0.6) is 5.75 Å². The third kappa shape index (κ3) is 8.86. The summed E-state index contributed by atoms with van der Waals surface area (Å²) in [5, 5.41) is 16.1. The molecule has 0 saturated heterocycles. The highest BCUT2D eigenvalue weighted by Crippen LogP contribution is 2.20. The molecule has 2 aromatic carbocycles. The number of benzene rings is 2. The summed E-state index contributed by atoms with van der Waals surface area (Å²) in [6.07, 6.45) is 0.153. The second-order valence-corrected chi connectivity index (χ2v) is 12.4. The highest BCUT2D eigenvalue weighted by atomic mass is 16.5. The first-order valence-corrected chi connectivity index (χ1v) is 16.3. The van der Waals surface area contributed by atoms with Crippen molar-refractivity contribution in [1.29, 1.82) is 0 Å². The quantitative estimate of drug-likeness (QED) is 0.258. The van der Waals surface area contributed by atoms with Gasteiger partial charge in [-0.2, -0.15) is 5.10 Å². The number of ether oxygens (including phenoxy) is 1. The Kier molecular flexibility index (Phi) is 11.0. The molecule has 6 rings (SSSR count). The monoisotopic (exact) mass is 666 g/mol. The van der Waals surface area contributed by atoms with Gasteiger partial charge in [-0.05, 0) is 56.5 Å². The van der Waals surface area contributed by atoms with Crippen LogP contribution in [0.1, 0.15) is 59.9 Å². The molecule has 4 aromatic rings. The molecule has 0 saturated carbocycles. The standard InChI is InChI=1S/C36H42N8O5/c1-21(2)31-36(48)39-24(5)33-42-32(26-9-7-6-8-10-26)43-44(33)20-30(45)37-17-18-49-27-14-12-25(13-15-27)19-29(35(47)41-31)40-34(46)28-16-11-22(3)38-23(28)4/h6-16,21,24,29,31H,17-20H2,1-5H3,(H,37,45)(H,39,48)(H,40,46)(H,41,47)/t24-,29-,31+/m0/s1. The molecule has 4 N–H and O–H groups in total. The van der Waals surface area contributed by atoms with E-state index in [-0.39, 0.29) is 37.9 Å². The lowest BCUT2D eigenvalue weighted by atomic mass is 10.00. The van der Waals surface area contributed by atoms with Crippen LogP contribution in [-0.2, 0) is 27.3 Å². The van der Waals surface area contributed by atoms with Gasteiger partial charge < -0.3 is 26.0 Å². The van der Waals surface area contributed by atoms with Crippen LogP contribution >= 0.6 is 0 Å². The Morgan fingerprint density at radius 1 is 0.939 bits per heavy atom. The summed E-state index contributed by atoms with van der Waals surface area (Å²) < 4.78 is 7.30. The molecule has 2 bridgehead atoms. The minimum absolute atomic E-state index is 0.133. The molecule has 13 heteroatoms. The zero-order valence-corrected chi connectivity index (χ0v) is 28.3. The van der Waals surface area contributed by atoms with Crippen molar-refractivity contribution in [2.24, 2.45) is 5.92 Å². The van der Waals surface area contributed by atoms with Gasteiger partial charge in [0.15, 0.2) is 5.82 Å². The molecular formula is C36H42N8O5. The molecule has 0 spiro atoms. The summed E-state index contributed by atoms with van der Waals surface area (Å²) in [4.78, 5) is 63.2. The molecule has 0 unspecified atom stereocenters. The van der Waals surface area contributed by atoms with Gasteiger partial charge >= 0.3 is 0 Å². The number of aromatic nitrogens is 4. The number of carbonyl (C=O) groups is 4. The number of aryl methyl sites for hydroxylation is 2. The highest BCUT2D eigenvalue weighted by Gasteiger charge is 2.31. The van der Waals surface area contributed by atoms with Gasteiger partial charge in [0.2, 0.25) is 17.7 Å². The highest BCUT2D eigenvalue weighted by molar-refractivity contribution is 5.99. The van der Waals surface area contributed by atoms with Crippen molar-refractivity contribution < 1.29 is 23.9 Å². The van der Waals surface area contributed by atoms with Gasteiger partial charge in [-0.15, -0.1) is 0 Å². The largest absolute Gasteiger partial charge is 0.492 e. The number of nitrogens with zero attached hydrogens (tertiary/aromatic N) is 4. The van der Waals surface area contributed by atoms with Gasteiger partial charge in [-0.25, -0.2) is 9.67 Å². The van der Waals surface area contributed by atoms with E-state index in [4.69, 9.17) is 9.72 Å². The third-order valence-corrected chi connectivity index (χ3v) is 8.17. The number of hydrogen-bond acceptors (Lipinski definition) is 8. The second kappa shape index (κ2) is 15.5. The lowest BCUT2D eigenvalue weighted by Crippen LogP contribution is -2.56. The minimum atomic E-state index is -1.01. The van der Waals surface area contributed by atoms with Crippen LogP contribution in [0.2, 0.25) is 0 Å². The Labute approximate surface area is 285 Å². The van der Waals surface area contributed by atoms with Gasteiger partial charge in [0, 0.05) is 17.7 Å². The van der Waals surface area contributed by atoms with Crippen LogP contribution in [-0.4, -0.2) is 68.6 Å². The molecule has 2 aliphatic rings. The summed E-state index contributed by atoms with van der Waals surface area (Å²) in [6.45, 7) is 9.30. The number of rotatable bonds is 4. The number of nitrogens with one attached hydrogen (secondary N) is 4. The predicted octanol–water partition coefficient (Wildman–Crippen LogP) is 2.82. The van der Waals surface area contributed by atoms with Crippen LogP contribution < -0.4 is 26.0 Å². The minimum Gasteiger partial charge on any atom is -0.492 e. The maximum Gasteiger partial charge on any atom is 0.253 e. The van der Waals surface area contributed by atoms with E-state index in [1.165, 1.54) is 4.68 Å². The fraction of sp³-hybridized carbons (Fsp3) is 0.361. The van der Waals surface area contributed by atoms with Crippen LogP contribution in [0, 0.1) is 19.8 Å². The summed E-state index contributed by atoms with van der Waals surface area (Å²) in [7, 11) is 0. The molecule has 49 heavy (non-hydrogen) atoms. The maximum atomic E-state index is 13.9. The van der Waals surface area contributed by atoms with Gasteiger partial charge in [0.1, 0.15) is 36.8 Å². The second-order valence-electron chi connectivity index (χ2n) is 12.4. The number of carbonyl (C=O) groups excluding carboxylic acids is 4. The topological polar surface area (TPSA) is 169 Å². The molecule has 2 aliphatic heterocycles. The van der Waals surface area contributed by atoms with Crippen molar-refractivity contribution in [2.75, 3.05) is 13.2 Å². The molecule has 0 radical (unpaired) electrons. The Hall–Kier alpha value is -5.59. The molecule has 0 aliphatic carbocycles. The van der Waals surface area contributed by atoms with Crippen molar-refractivity contribution in [3.63, 3.8) is 0 Å². The van der Waals surface area contributed by atoms with Crippen molar-refractivity contribution in [2.45, 2.75) is 65.7 Å². The van der Waals surface area contributed by atoms with Crippen molar-refractivity contribution >= 4 is 23.6 Å². The normalized spacial score (nSPS) is 19.2. The fourth-order valence-corrected chi connectivity index (χ4v) is 5.54. The molecule has 2 aromatic heterocycles. The van der Waals surface area contributed by atoms with E-state index in [1.54, 1.807) is 38.1 Å². The predicted molar refractivity (Wildman–Crippen MR) is 182 cm³/mol. The van der Waals surface area contributed by atoms with Gasteiger partial charge in [0.05, 0.1) is 23.8 Å². The SMILES string of the molecule is Cc1ccc(C(=O)N[C@H]2Cc3ccc(cc3)OCCNC(=O)Cn3nc(-c4ccccc4)nc3[C@H](C)NC(=O)[C@@H](C(C)C)NC2=O)c(C)n1. The van der Waals surface area contributed by atoms with E-state index in [1.807, 2.05) is 63.2 Å². The maximum absolute atomic E-state index is 13.9. The molecule has 13 nitrogen and oxygen atoms in total. The number of hydrogen-bond donors (Lipinski definition) is 4. The first kappa shape index (κ1) is 34.7. The molecule has 3 atom stereocenters. The van der Waals surface area contributed by atoms with Gasteiger partial charge in [-0.3, -0.25) is 24.2 Å². The molecular weight excluding hydrogens is 624 g/mol. The van der Waals surface area contributed by atoms with E-state index < -0.39 is 35.8 Å². The van der Waals surface area contributed by atoms with E-state index >= 15 is 0 Å². The zero-order valence-electron chi connectivity index (χ0n) is 28.3. The third-order valence-electron chi connectivity index (χ3n) is 8.17. The zero-order chi connectivity index (χ0) is 35.1. The van der Waals surface area contributed by atoms with Crippen molar-refractivity contribution in [3.8, 4) is 17.1 Å². The molecule has 0 fully saturated rings. The number of pyridine rings is 1. The molecule has 4 heterocycles. The van der Waals surface area contributed by atoms with Gasteiger partial charge in [-0.1, -0.05) is 56.3 Å². The average molecular weight is 667 g/mol. The van der Waals surface area contributed by atoms with Crippen LogP contribution in [0.25, 0.3) is 11.4 Å². The lowest BCUT2D eigenvalue weighted by Gasteiger charge is -2.27. The van der Waals surface area contributed by atoms with Crippen molar-refractivity contribution in [3.05, 3.63) is 95.1 Å². The first-order valence-electron chi connectivity index (χ1n) is 16.3. The molecule has 256 valence electrons. The van der Waals surface area contributed by atoms with Crippen LogP contribution in [0.15, 0.2) is 66.7 Å². The Morgan fingerprint density at radius 3 is 2.37 bits per heavy atom. The first-order chi connectivity index (χ1) is 23.5. The van der Waals surface area contributed by atoms with Crippen LogP contribution in [0.3, 0.4) is 0 Å². The Bertz CT molecular complexity index is 1810. The van der Waals surface area contributed by atoms with Crippen LogP contribution in [0.4, 0.5) is 0 Å². The van der Waals surface area contributed by atoms with Crippen molar-refractivity contribution in [1.82, 2.24) is 41.0 Å². The Morgan fingerprint density at radius 2 is 1.67 bits per heavy atom. The lowest BCUT2D eigenvalue weighted by molar-refractivity contribution is -0.131. The number of amides is 4. The fourth-order valence-electron chi connectivity index (χ4n) is 5.54. The van der Waals surface area contributed by atoms with E-state index in [2.05, 4.69) is 31.3 Å². The summed E-state index contributed by atoms with van der Waals surface area (Å²) in [5.74, 6) is -0.674. The molecule has 4 amide bonds. The summed E-state index contributed by atoms with van der Waals surface area (Å²) >= 11 is 0. The Balaban J connectivity index is 1.46.